The van der Waals surface area contributed by atoms with Crippen LogP contribution in [0.5, 0.6) is 0 Å². The molecular weight excluding hydrogens is 1020 g/mol. The third-order valence-electron chi connectivity index (χ3n) is 13.4. The summed E-state index contributed by atoms with van der Waals surface area (Å²) in [5.74, 6) is -11.5. The molecule has 0 aromatic carbocycles. The lowest BCUT2D eigenvalue weighted by molar-refractivity contribution is -0.315. The molecule has 406 valence electrons. The van der Waals surface area contributed by atoms with E-state index in [1.54, 1.807) is 20.8 Å². The van der Waals surface area contributed by atoms with Crippen molar-refractivity contribution in [2.75, 3.05) is 0 Å². The van der Waals surface area contributed by atoms with Crippen molar-refractivity contribution in [2.24, 2.45) is 17.3 Å². The van der Waals surface area contributed by atoms with Crippen molar-refractivity contribution in [1.82, 2.24) is 0 Å². The van der Waals surface area contributed by atoms with E-state index in [-0.39, 0.29) is 56.9 Å². The zero-order chi connectivity index (χ0) is 53.5. The summed E-state index contributed by atoms with van der Waals surface area (Å²) in [6, 6.07) is 0. The van der Waals surface area contributed by atoms with Gasteiger partial charge in [-0.1, -0.05) is 13.5 Å². The van der Waals surface area contributed by atoms with Gasteiger partial charge in [-0.3, -0.25) is 14.4 Å². The fourth-order valence-corrected chi connectivity index (χ4v) is 9.13. The van der Waals surface area contributed by atoms with E-state index in [9.17, 15) is 81.5 Å². The van der Waals surface area contributed by atoms with Crippen LogP contribution in [-0.2, 0) is 85.6 Å². The van der Waals surface area contributed by atoms with Crippen LogP contribution in [0.4, 0.5) is 52.7 Å². The number of carbonyl (C=O) groups is 6. The van der Waals surface area contributed by atoms with E-state index in [4.69, 9.17) is 47.4 Å². The lowest BCUT2D eigenvalue weighted by Gasteiger charge is -2.36. The largest absolute Gasteiger partial charge is 0.454 e. The molecule has 72 heavy (non-hydrogen) atoms. The van der Waals surface area contributed by atoms with E-state index in [0.717, 1.165) is 0 Å². The van der Waals surface area contributed by atoms with Crippen molar-refractivity contribution in [3.63, 3.8) is 0 Å². The van der Waals surface area contributed by atoms with Crippen LogP contribution in [0.3, 0.4) is 0 Å². The summed E-state index contributed by atoms with van der Waals surface area (Å²) >= 11 is 0. The Labute approximate surface area is 398 Å². The minimum absolute atomic E-state index is 0.0537. The van der Waals surface area contributed by atoms with Gasteiger partial charge in [0.25, 0.3) is 12.2 Å². The third kappa shape index (κ3) is 11.1. The number of carbonyl (C=O) groups excluding carboxylic acids is 6. The second-order valence-corrected chi connectivity index (χ2v) is 19.0. The van der Waals surface area contributed by atoms with Gasteiger partial charge in [-0.15, -0.1) is 0 Å². The third-order valence-corrected chi connectivity index (χ3v) is 13.4. The van der Waals surface area contributed by atoms with Crippen molar-refractivity contribution in [3.05, 3.63) is 12.2 Å². The molecule has 2 saturated carbocycles. The number of halogens is 12. The van der Waals surface area contributed by atoms with Crippen LogP contribution in [0.1, 0.15) is 85.5 Å². The molecule has 6 aliphatic heterocycles. The van der Waals surface area contributed by atoms with E-state index < -0.39 is 163 Å². The quantitative estimate of drug-likeness (QED) is 0.116. The number of ether oxygens (including phenoxy) is 12. The Kier molecular flexibility index (Phi) is 14.8. The van der Waals surface area contributed by atoms with Gasteiger partial charge in [0.15, 0.2) is 48.6 Å². The highest BCUT2D eigenvalue weighted by Crippen LogP contribution is 2.52. The summed E-state index contributed by atoms with van der Waals surface area (Å²) < 4.78 is 216. The molecule has 6 saturated heterocycles. The fraction of sp³-hybridized carbons (Fsp3) is 0.810. The van der Waals surface area contributed by atoms with Gasteiger partial charge < -0.3 is 56.8 Å². The standard InChI is InChI=1S/C22H26F6O9.C20H20F6O9/c1-4-19(2,3)18(31)34-12-10-11(32-15(12)30)13-16(33-10)37-20(36-13)7-5-9(6-8-20)14(29)35-17(21(23,24)25)22(26,27)28;1-7(2)13(27)31-11-9-10(30-15(11)29)12-16(32-9)35-18(34-12)5-3-8(4-6-18)14(28)33-17(19(21,22)23)20(24,25)26/h9-13,16-17H,4-8H2,1-3H3;8-12,16-17H,1,3-6H2,2H3/t9?,10-,11-,12-,13+,16+,20?;8?,9-,10-,11-,12+,16+,18?/m00/s1. The maximum absolute atomic E-state index is 12.7. The van der Waals surface area contributed by atoms with Gasteiger partial charge in [0.1, 0.15) is 12.2 Å². The van der Waals surface area contributed by atoms with Crippen LogP contribution in [0, 0.1) is 17.3 Å². The summed E-state index contributed by atoms with van der Waals surface area (Å²) in [4.78, 5) is 72.8. The molecule has 0 bridgehead atoms. The van der Waals surface area contributed by atoms with Crippen molar-refractivity contribution < 1.29 is 138 Å². The van der Waals surface area contributed by atoms with Crippen LogP contribution in [-0.4, -0.2) is 146 Å². The van der Waals surface area contributed by atoms with E-state index >= 15 is 0 Å². The smallest absolute Gasteiger partial charge is 0.434 e. The first kappa shape index (κ1) is 55.2. The van der Waals surface area contributed by atoms with Gasteiger partial charge >= 0.3 is 60.5 Å². The van der Waals surface area contributed by atoms with Crippen LogP contribution < -0.4 is 0 Å². The van der Waals surface area contributed by atoms with E-state index in [2.05, 4.69) is 16.1 Å². The molecule has 10 atom stereocenters. The normalized spacial score (nSPS) is 36.2. The fourth-order valence-electron chi connectivity index (χ4n) is 9.13. The Hall–Kier alpha value is -4.52. The summed E-state index contributed by atoms with van der Waals surface area (Å²) in [5.41, 5.74) is -0.790. The van der Waals surface area contributed by atoms with Crippen molar-refractivity contribution in [3.8, 4) is 0 Å². The Morgan fingerprint density at radius 2 is 0.931 bits per heavy atom. The average molecular weight is 1070 g/mol. The van der Waals surface area contributed by atoms with Crippen LogP contribution in [0.15, 0.2) is 12.2 Å². The molecule has 8 fully saturated rings. The molecule has 6 heterocycles. The maximum atomic E-state index is 12.7. The van der Waals surface area contributed by atoms with Crippen LogP contribution >= 0.6 is 0 Å². The molecule has 0 N–H and O–H groups in total. The molecule has 0 radical (unpaired) electrons. The SMILES string of the molecule is C=C(C)C(=O)O[C@@H]1C(=O)O[C@@H]2[C@H]3OC4(CCC(C(=O)OC(C(F)(F)F)C(F)(F)F)CC4)O[C@H]3O[C@@H]21.CCC(C)(C)C(=O)O[C@@H]1C(=O)O[C@@H]2[C@H]3OC4(CCC(C(=O)OC(C(F)(F)F)C(F)(F)F)CC4)O[C@H]3O[C@@H]21. The van der Waals surface area contributed by atoms with Gasteiger partial charge in [-0.2, -0.15) is 52.7 Å². The first-order valence-corrected chi connectivity index (χ1v) is 22.3. The molecule has 18 nitrogen and oxygen atoms in total. The minimum atomic E-state index is -5.80. The van der Waals surface area contributed by atoms with Crippen molar-refractivity contribution >= 4 is 35.8 Å². The molecular formula is C42H46F12O18. The van der Waals surface area contributed by atoms with E-state index in [1.807, 2.05) is 0 Å². The second-order valence-electron chi connectivity index (χ2n) is 19.0. The highest BCUT2D eigenvalue weighted by atomic mass is 19.4. The van der Waals surface area contributed by atoms with Gasteiger partial charge in [-0.05, 0) is 52.9 Å². The van der Waals surface area contributed by atoms with Gasteiger partial charge in [-0.25, -0.2) is 14.4 Å². The highest BCUT2D eigenvalue weighted by molar-refractivity contribution is 5.90. The summed E-state index contributed by atoms with van der Waals surface area (Å²) in [6.45, 7) is 9.91. The first-order chi connectivity index (χ1) is 33.1. The number of alkyl halides is 12. The number of fused-ring (bicyclic) bond motifs is 6. The number of hydrogen-bond acceptors (Lipinski definition) is 18. The number of rotatable bonds is 9. The topological polar surface area (TPSA) is 213 Å². The van der Waals surface area contributed by atoms with E-state index in [0.29, 0.717) is 6.42 Å². The van der Waals surface area contributed by atoms with E-state index in [1.165, 1.54) is 6.92 Å². The minimum Gasteiger partial charge on any atom is -0.454 e. The molecule has 0 aromatic heterocycles. The van der Waals surface area contributed by atoms with Gasteiger partial charge in [0.05, 0.1) is 17.3 Å². The highest BCUT2D eigenvalue weighted by Gasteiger charge is 2.69. The molecule has 2 aliphatic carbocycles. The number of hydrogen-bond donors (Lipinski definition) is 0. The molecule has 8 aliphatic rings. The lowest BCUT2D eigenvalue weighted by Crippen LogP contribution is -2.47. The van der Waals surface area contributed by atoms with Crippen LogP contribution in [0.2, 0.25) is 0 Å². The summed E-state index contributed by atoms with van der Waals surface area (Å²) in [5, 5.41) is 0. The van der Waals surface area contributed by atoms with Crippen molar-refractivity contribution in [1.29, 1.82) is 0 Å². The predicted molar refractivity (Wildman–Crippen MR) is 201 cm³/mol. The Balaban J connectivity index is 0.000000212. The predicted octanol–water partition coefficient (Wildman–Crippen LogP) is 5.79. The molecule has 0 unspecified atom stereocenters. The molecule has 2 spiro atoms. The monoisotopic (exact) mass is 1070 g/mol. The van der Waals surface area contributed by atoms with Crippen molar-refractivity contribution in [2.45, 2.75) is 195 Å². The number of esters is 6. The maximum Gasteiger partial charge on any atom is 0.434 e. The Morgan fingerprint density at radius 1 is 0.583 bits per heavy atom. The second kappa shape index (κ2) is 19.3. The Bertz CT molecular complexity index is 2100. The van der Waals surface area contributed by atoms with Gasteiger partial charge in [0, 0.05) is 31.3 Å². The summed E-state index contributed by atoms with van der Waals surface area (Å²) in [7, 11) is 0. The van der Waals surface area contributed by atoms with Gasteiger partial charge in [0.2, 0.25) is 12.2 Å². The molecule has 8 rings (SSSR count). The molecule has 0 amide bonds. The zero-order valence-electron chi connectivity index (χ0n) is 38.0. The molecule has 0 aromatic rings. The first-order valence-electron chi connectivity index (χ1n) is 22.3. The Morgan fingerprint density at radius 3 is 1.25 bits per heavy atom. The van der Waals surface area contributed by atoms with Crippen LogP contribution in [0.25, 0.3) is 0 Å². The zero-order valence-corrected chi connectivity index (χ0v) is 38.0. The summed E-state index contributed by atoms with van der Waals surface area (Å²) in [6.07, 6.45) is -42.6. The lowest BCUT2D eigenvalue weighted by atomic mass is 9.85. The average Bonchev–Trinajstić information content (AvgIpc) is 4.08. The molecule has 30 heteroatoms.